The monoisotopic (exact) mass is 659 g/mol. The van der Waals surface area contributed by atoms with Gasteiger partial charge < -0.3 is 18.8 Å². The summed E-state index contributed by atoms with van der Waals surface area (Å²) in [5.41, 5.74) is 10.1. The lowest BCUT2D eigenvalue weighted by atomic mass is 9.94. The third-order valence-electron chi connectivity index (χ3n) is 8.31. The van der Waals surface area contributed by atoms with Gasteiger partial charge in [0.05, 0.1) is 19.5 Å². The molecule has 6 nitrogen and oxygen atoms in total. The quantitative estimate of drug-likeness (QED) is 0.0659. The largest absolute Gasteiger partial charge is 0.464 e. The second-order valence-electron chi connectivity index (χ2n) is 11.6. The molecule has 6 rings (SSSR count). The first-order valence-electron chi connectivity index (χ1n) is 16.4. The number of ether oxygens (including phenoxy) is 2. The maximum absolute atomic E-state index is 11.5. The van der Waals surface area contributed by atoms with E-state index in [1.807, 2.05) is 48.5 Å². The SMILES string of the molecule is C=CC(=O)OCCc1ccc(N(c2ccc(C=C(c3ccccc3)c3cccc4ccoc34)cc2)c2ccc(CCOC(=O)C=C)cc2)cc1. The highest BCUT2D eigenvalue weighted by Crippen LogP contribution is 2.36. The summed E-state index contributed by atoms with van der Waals surface area (Å²) in [6, 6.07) is 43.5. The van der Waals surface area contributed by atoms with Gasteiger partial charge in [0, 0.05) is 53.0 Å². The maximum atomic E-state index is 11.5. The Hall–Kier alpha value is -6.40. The average Bonchev–Trinajstić information content (AvgIpc) is 3.66. The van der Waals surface area contributed by atoms with Gasteiger partial charge in [-0.1, -0.05) is 98.1 Å². The van der Waals surface area contributed by atoms with Gasteiger partial charge in [0.1, 0.15) is 5.58 Å². The zero-order chi connectivity index (χ0) is 34.7. The van der Waals surface area contributed by atoms with Crippen molar-refractivity contribution in [2.24, 2.45) is 0 Å². The van der Waals surface area contributed by atoms with Crippen molar-refractivity contribution in [3.8, 4) is 0 Å². The molecule has 0 aliphatic carbocycles. The number of fused-ring (bicyclic) bond motifs is 1. The van der Waals surface area contributed by atoms with E-state index < -0.39 is 11.9 Å². The molecule has 0 atom stereocenters. The van der Waals surface area contributed by atoms with Crippen molar-refractivity contribution in [1.82, 2.24) is 0 Å². The van der Waals surface area contributed by atoms with Crippen molar-refractivity contribution in [2.75, 3.05) is 18.1 Å². The molecular weight excluding hydrogens is 622 g/mol. The van der Waals surface area contributed by atoms with Gasteiger partial charge in [0.2, 0.25) is 0 Å². The van der Waals surface area contributed by atoms with Gasteiger partial charge in [-0.15, -0.1) is 0 Å². The minimum Gasteiger partial charge on any atom is -0.464 e. The van der Waals surface area contributed by atoms with Crippen molar-refractivity contribution in [2.45, 2.75) is 12.8 Å². The van der Waals surface area contributed by atoms with Gasteiger partial charge in [0.15, 0.2) is 0 Å². The van der Waals surface area contributed by atoms with Crippen LogP contribution in [0.3, 0.4) is 0 Å². The molecule has 6 heteroatoms. The molecule has 0 radical (unpaired) electrons. The van der Waals surface area contributed by atoms with E-state index in [0.717, 1.165) is 61.4 Å². The number of rotatable bonds is 14. The fourth-order valence-electron chi connectivity index (χ4n) is 5.75. The zero-order valence-electron chi connectivity index (χ0n) is 27.7. The predicted molar refractivity (Wildman–Crippen MR) is 200 cm³/mol. The zero-order valence-corrected chi connectivity index (χ0v) is 27.7. The number of hydrogen-bond acceptors (Lipinski definition) is 6. The van der Waals surface area contributed by atoms with Crippen LogP contribution >= 0.6 is 0 Å². The normalized spacial score (nSPS) is 11.2. The molecule has 0 fully saturated rings. The summed E-state index contributed by atoms with van der Waals surface area (Å²) in [7, 11) is 0. The first kappa shape index (κ1) is 33.5. The Morgan fingerprint density at radius 3 is 1.70 bits per heavy atom. The number of esters is 2. The summed E-state index contributed by atoms with van der Waals surface area (Å²) < 4.78 is 16.3. The van der Waals surface area contributed by atoms with Crippen LogP contribution in [0.25, 0.3) is 22.6 Å². The van der Waals surface area contributed by atoms with Gasteiger partial charge in [-0.05, 0) is 76.4 Å². The second kappa shape index (κ2) is 16.1. The van der Waals surface area contributed by atoms with Gasteiger partial charge in [-0.2, -0.15) is 0 Å². The Bertz CT molecular complexity index is 2040. The topological polar surface area (TPSA) is 69.0 Å². The lowest BCUT2D eigenvalue weighted by Crippen LogP contribution is -2.10. The third-order valence-corrected chi connectivity index (χ3v) is 8.31. The van der Waals surface area contributed by atoms with Crippen LogP contribution < -0.4 is 4.90 Å². The molecule has 0 aliphatic rings. The smallest absolute Gasteiger partial charge is 0.330 e. The number of furan rings is 1. The van der Waals surface area contributed by atoms with Crippen molar-refractivity contribution in [1.29, 1.82) is 0 Å². The van der Waals surface area contributed by atoms with Crippen LogP contribution in [-0.2, 0) is 31.9 Å². The molecule has 0 aliphatic heterocycles. The van der Waals surface area contributed by atoms with E-state index in [2.05, 4.69) is 103 Å². The van der Waals surface area contributed by atoms with Gasteiger partial charge in [-0.25, -0.2) is 9.59 Å². The highest BCUT2D eigenvalue weighted by atomic mass is 16.5. The van der Waals surface area contributed by atoms with Crippen molar-refractivity contribution in [3.63, 3.8) is 0 Å². The number of hydrogen-bond donors (Lipinski definition) is 0. The Kier molecular flexibility index (Phi) is 10.8. The van der Waals surface area contributed by atoms with Crippen LogP contribution in [-0.4, -0.2) is 25.2 Å². The molecule has 6 aromatic rings. The van der Waals surface area contributed by atoms with E-state index in [0.29, 0.717) is 12.8 Å². The minimum atomic E-state index is -0.428. The number of carbonyl (C=O) groups is 2. The van der Waals surface area contributed by atoms with E-state index in [4.69, 9.17) is 13.9 Å². The van der Waals surface area contributed by atoms with E-state index in [1.54, 1.807) is 6.26 Å². The fourth-order valence-corrected chi connectivity index (χ4v) is 5.75. The first-order chi connectivity index (χ1) is 24.5. The van der Waals surface area contributed by atoms with E-state index in [1.165, 1.54) is 12.2 Å². The number of benzene rings is 5. The molecule has 5 aromatic carbocycles. The molecule has 0 bridgehead atoms. The standard InChI is InChI=1S/C44H37NO5/c1-3-42(46)48-28-25-32-13-19-37(20-14-32)45(38-21-15-33(16-22-38)26-29-49-43(47)4-2)39-23-17-34(18-24-39)31-41(35-9-6-5-7-10-35)40-12-8-11-36-27-30-50-44(36)40/h3-24,27,30-31H,1-2,25-26,28-29H2. The molecule has 0 unspecified atom stereocenters. The molecule has 0 saturated carbocycles. The second-order valence-corrected chi connectivity index (χ2v) is 11.6. The van der Waals surface area contributed by atoms with Crippen LogP contribution in [0.1, 0.15) is 27.8 Å². The van der Waals surface area contributed by atoms with Crippen LogP contribution in [0.2, 0.25) is 0 Å². The molecular formula is C44H37NO5. The van der Waals surface area contributed by atoms with Crippen LogP contribution in [0.4, 0.5) is 17.1 Å². The Labute approximate surface area is 292 Å². The Morgan fingerprint density at radius 1 is 0.620 bits per heavy atom. The number of nitrogens with zero attached hydrogens (tertiary/aromatic N) is 1. The summed E-state index contributed by atoms with van der Waals surface area (Å²) in [5, 5.41) is 1.06. The molecule has 0 saturated heterocycles. The fraction of sp³-hybridized carbons (Fsp3) is 0.0909. The molecule has 248 valence electrons. The molecule has 50 heavy (non-hydrogen) atoms. The highest BCUT2D eigenvalue weighted by Gasteiger charge is 2.15. The Balaban J connectivity index is 1.32. The summed E-state index contributed by atoms with van der Waals surface area (Å²) in [6.45, 7) is 7.47. The number of para-hydroxylation sites is 1. The van der Waals surface area contributed by atoms with E-state index >= 15 is 0 Å². The van der Waals surface area contributed by atoms with Gasteiger partial charge in [-0.3, -0.25) is 0 Å². The van der Waals surface area contributed by atoms with Crippen molar-refractivity contribution in [3.05, 3.63) is 187 Å². The lowest BCUT2D eigenvalue weighted by Gasteiger charge is -2.26. The van der Waals surface area contributed by atoms with E-state index in [-0.39, 0.29) is 13.2 Å². The van der Waals surface area contributed by atoms with E-state index in [9.17, 15) is 9.59 Å². The number of carbonyl (C=O) groups excluding carboxylic acids is 2. The summed E-state index contributed by atoms with van der Waals surface area (Å²) in [6.07, 6.45) is 7.46. The van der Waals surface area contributed by atoms with Crippen LogP contribution in [0.5, 0.6) is 0 Å². The molecule has 0 spiro atoms. The van der Waals surface area contributed by atoms with Crippen LogP contribution in [0, 0.1) is 0 Å². The number of anilines is 3. The van der Waals surface area contributed by atoms with Gasteiger partial charge in [0.25, 0.3) is 0 Å². The molecule has 0 N–H and O–H groups in total. The lowest BCUT2D eigenvalue weighted by molar-refractivity contribution is -0.138. The predicted octanol–water partition coefficient (Wildman–Crippen LogP) is 10.0. The summed E-state index contributed by atoms with van der Waals surface area (Å²) in [4.78, 5) is 25.1. The van der Waals surface area contributed by atoms with Crippen LogP contribution in [0.15, 0.2) is 163 Å². The molecule has 1 heterocycles. The minimum absolute atomic E-state index is 0.284. The summed E-state index contributed by atoms with van der Waals surface area (Å²) in [5.74, 6) is -0.857. The molecule has 0 amide bonds. The highest BCUT2D eigenvalue weighted by molar-refractivity contribution is 6.00. The average molecular weight is 660 g/mol. The van der Waals surface area contributed by atoms with Gasteiger partial charge >= 0.3 is 11.9 Å². The Morgan fingerprint density at radius 2 is 1.16 bits per heavy atom. The van der Waals surface area contributed by atoms with Crippen molar-refractivity contribution >= 4 is 51.6 Å². The van der Waals surface area contributed by atoms with Crippen molar-refractivity contribution < 1.29 is 23.5 Å². The third kappa shape index (κ3) is 8.17. The molecule has 1 aromatic heterocycles. The first-order valence-corrected chi connectivity index (χ1v) is 16.4. The summed E-state index contributed by atoms with van der Waals surface area (Å²) >= 11 is 0. The maximum Gasteiger partial charge on any atom is 0.330 e.